The number of aliphatic hydroxyl groups is 1. The molecule has 0 aliphatic carbocycles. The summed E-state index contributed by atoms with van der Waals surface area (Å²) >= 11 is 2.76. The molecule has 0 radical (unpaired) electrons. The van der Waals surface area contributed by atoms with E-state index in [-0.39, 0.29) is 24.7 Å². The van der Waals surface area contributed by atoms with E-state index in [0.717, 1.165) is 14.6 Å². The lowest BCUT2D eigenvalue weighted by molar-refractivity contribution is -0.141. The molecule has 1 aromatic heterocycles. The van der Waals surface area contributed by atoms with Gasteiger partial charge in [0.1, 0.15) is 6.04 Å². The third kappa shape index (κ3) is 4.42. The van der Waals surface area contributed by atoms with Crippen LogP contribution in [0.1, 0.15) is 6.42 Å². The summed E-state index contributed by atoms with van der Waals surface area (Å²) in [5.74, 6) is -1.45. The number of hydrogen-bond acceptors (Lipinski definition) is 6. The normalized spacial score (nSPS) is 12.2. The van der Waals surface area contributed by atoms with Crippen molar-refractivity contribution < 1.29 is 19.8 Å². The molecule has 0 saturated carbocycles. The highest BCUT2D eigenvalue weighted by molar-refractivity contribution is 8.01. The van der Waals surface area contributed by atoms with Crippen LogP contribution in [-0.4, -0.2) is 45.5 Å². The number of fused-ring (bicyclic) bond motifs is 1. The van der Waals surface area contributed by atoms with E-state index in [1.165, 1.54) is 23.1 Å². The van der Waals surface area contributed by atoms with E-state index in [0.29, 0.717) is 0 Å². The van der Waals surface area contributed by atoms with Crippen molar-refractivity contribution in [3.63, 3.8) is 0 Å². The highest BCUT2D eigenvalue weighted by atomic mass is 32.2. The number of aliphatic hydroxyl groups excluding tert-OH is 1. The van der Waals surface area contributed by atoms with Crippen LogP contribution in [0.3, 0.4) is 0 Å². The molecule has 21 heavy (non-hydrogen) atoms. The molecule has 3 N–H and O–H groups in total. The number of amides is 1. The summed E-state index contributed by atoms with van der Waals surface area (Å²) in [5, 5.41) is 20.0. The molecule has 0 unspecified atom stereocenters. The van der Waals surface area contributed by atoms with E-state index < -0.39 is 12.0 Å². The molecule has 0 aliphatic rings. The van der Waals surface area contributed by atoms with Crippen LogP contribution in [0.4, 0.5) is 0 Å². The zero-order valence-electron chi connectivity index (χ0n) is 11.0. The van der Waals surface area contributed by atoms with Crippen molar-refractivity contribution in [2.24, 2.45) is 0 Å². The summed E-state index contributed by atoms with van der Waals surface area (Å²) < 4.78 is 1.81. The van der Waals surface area contributed by atoms with Gasteiger partial charge in [0, 0.05) is 13.0 Å². The van der Waals surface area contributed by atoms with Gasteiger partial charge in [0.15, 0.2) is 4.34 Å². The topological polar surface area (TPSA) is 99.5 Å². The van der Waals surface area contributed by atoms with Crippen LogP contribution in [-0.2, 0) is 9.59 Å². The standard InChI is InChI=1S/C13H14N2O4S2/c16-6-5-9(12(18)19)14-11(17)7-20-13-15-8-3-1-2-4-10(8)21-13/h1-4,9,16H,5-7H2,(H,14,17)(H,18,19)/t9-/m0/s1. The summed E-state index contributed by atoms with van der Waals surface area (Å²) in [5.41, 5.74) is 0.883. The highest BCUT2D eigenvalue weighted by Crippen LogP contribution is 2.28. The van der Waals surface area contributed by atoms with E-state index in [9.17, 15) is 9.59 Å². The predicted octanol–water partition coefficient (Wildman–Crippen LogP) is 1.34. The first-order valence-corrected chi connectivity index (χ1v) is 8.01. The molecule has 0 spiro atoms. The summed E-state index contributed by atoms with van der Waals surface area (Å²) in [7, 11) is 0. The number of rotatable bonds is 7. The highest BCUT2D eigenvalue weighted by Gasteiger charge is 2.19. The number of thioether (sulfide) groups is 1. The van der Waals surface area contributed by atoms with Crippen LogP contribution in [0.15, 0.2) is 28.6 Å². The Morgan fingerprint density at radius 3 is 2.81 bits per heavy atom. The van der Waals surface area contributed by atoms with Crippen LogP contribution in [0, 0.1) is 0 Å². The first-order chi connectivity index (χ1) is 10.1. The fourth-order valence-corrected chi connectivity index (χ4v) is 3.54. The van der Waals surface area contributed by atoms with Gasteiger partial charge in [-0.2, -0.15) is 0 Å². The minimum Gasteiger partial charge on any atom is -0.480 e. The van der Waals surface area contributed by atoms with Gasteiger partial charge in [-0.15, -0.1) is 11.3 Å². The summed E-state index contributed by atoms with van der Waals surface area (Å²) in [4.78, 5) is 27.0. The number of carbonyl (C=O) groups excluding carboxylic acids is 1. The van der Waals surface area contributed by atoms with Gasteiger partial charge in [0.2, 0.25) is 5.91 Å². The average Bonchev–Trinajstić information content (AvgIpc) is 2.87. The van der Waals surface area contributed by atoms with Gasteiger partial charge >= 0.3 is 5.97 Å². The Kier molecular flexibility index (Phi) is 5.54. The zero-order chi connectivity index (χ0) is 15.2. The van der Waals surface area contributed by atoms with E-state index in [1.54, 1.807) is 0 Å². The van der Waals surface area contributed by atoms with Crippen molar-refractivity contribution in [3.8, 4) is 0 Å². The fourth-order valence-electron chi connectivity index (χ4n) is 1.66. The van der Waals surface area contributed by atoms with Crippen molar-refractivity contribution in [2.75, 3.05) is 12.4 Å². The molecule has 6 nitrogen and oxygen atoms in total. The summed E-state index contributed by atoms with van der Waals surface area (Å²) in [6.07, 6.45) is -0.00707. The van der Waals surface area contributed by atoms with E-state index in [4.69, 9.17) is 10.2 Å². The molecular formula is C13H14N2O4S2. The van der Waals surface area contributed by atoms with Gasteiger partial charge in [-0.1, -0.05) is 23.9 Å². The molecule has 1 heterocycles. The van der Waals surface area contributed by atoms with E-state index >= 15 is 0 Å². The molecule has 1 atom stereocenters. The van der Waals surface area contributed by atoms with Crippen molar-refractivity contribution >= 4 is 45.2 Å². The second kappa shape index (κ2) is 7.39. The molecule has 0 fully saturated rings. The Balaban J connectivity index is 1.89. The van der Waals surface area contributed by atoms with Gasteiger partial charge in [-0.05, 0) is 12.1 Å². The van der Waals surface area contributed by atoms with Gasteiger partial charge in [0.05, 0.1) is 16.0 Å². The quantitative estimate of drug-likeness (QED) is 0.664. The number of hydrogen-bond donors (Lipinski definition) is 3. The second-order valence-electron chi connectivity index (χ2n) is 4.21. The molecule has 2 rings (SSSR count). The van der Waals surface area contributed by atoms with Gasteiger partial charge in [0.25, 0.3) is 0 Å². The maximum Gasteiger partial charge on any atom is 0.326 e. The van der Waals surface area contributed by atoms with E-state index in [2.05, 4.69) is 10.3 Å². The monoisotopic (exact) mass is 326 g/mol. The van der Waals surface area contributed by atoms with Crippen LogP contribution in [0.5, 0.6) is 0 Å². The fraction of sp³-hybridized carbons (Fsp3) is 0.308. The number of nitrogens with zero attached hydrogens (tertiary/aromatic N) is 1. The number of thiazole rings is 1. The lowest BCUT2D eigenvalue weighted by atomic mass is 10.2. The smallest absolute Gasteiger partial charge is 0.326 e. The molecule has 0 aliphatic heterocycles. The Hall–Kier alpha value is -1.64. The van der Waals surface area contributed by atoms with Gasteiger partial charge in [-0.25, -0.2) is 9.78 Å². The molecule has 0 saturated heterocycles. The summed E-state index contributed by atoms with van der Waals surface area (Å²) in [6, 6.07) is 6.62. The van der Waals surface area contributed by atoms with Crippen molar-refractivity contribution in [1.29, 1.82) is 0 Å². The van der Waals surface area contributed by atoms with Crippen molar-refractivity contribution in [3.05, 3.63) is 24.3 Å². The molecule has 1 aromatic carbocycles. The van der Waals surface area contributed by atoms with Crippen LogP contribution in [0.25, 0.3) is 10.2 Å². The first-order valence-electron chi connectivity index (χ1n) is 6.21. The molecule has 112 valence electrons. The second-order valence-corrected chi connectivity index (χ2v) is 6.46. The first kappa shape index (κ1) is 15.7. The zero-order valence-corrected chi connectivity index (χ0v) is 12.6. The number of carboxylic acid groups (broad SMARTS) is 1. The predicted molar refractivity (Wildman–Crippen MR) is 81.6 cm³/mol. The van der Waals surface area contributed by atoms with Gasteiger partial charge < -0.3 is 15.5 Å². The lowest BCUT2D eigenvalue weighted by Gasteiger charge is -2.12. The Morgan fingerprint density at radius 2 is 2.14 bits per heavy atom. The lowest BCUT2D eigenvalue weighted by Crippen LogP contribution is -2.42. The number of nitrogens with one attached hydrogen (secondary N) is 1. The number of aromatic nitrogens is 1. The molecule has 2 aromatic rings. The SMILES string of the molecule is O=C(CSc1nc2ccccc2s1)N[C@@H](CCO)C(=O)O. The van der Waals surface area contributed by atoms with E-state index in [1.807, 2.05) is 24.3 Å². The Labute approximate surface area is 129 Å². The Morgan fingerprint density at radius 1 is 1.38 bits per heavy atom. The minimum absolute atomic E-state index is 0.00707. The molecule has 1 amide bonds. The third-order valence-corrected chi connectivity index (χ3v) is 4.83. The molecular weight excluding hydrogens is 312 g/mol. The number of carbonyl (C=O) groups is 2. The maximum absolute atomic E-state index is 11.7. The van der Waals surface area contributed by atoms with Gasteiger partial charge in [-0.3, -0.25) is 4.79 Å². The average molecular weight is 326 g/mol. The largest absolute Gasteiger partial charge is 0.480 e. The summed E-state index contributed by atoms with van der Waals surface area (Å²) in [6.45, 7) is -0.289. The van der Waals surface area contributed by atoms with Crippen LogP contribution in [0.2, 0.25) is 0 Å². The van der Waals surface area contributed by atoms with Crippen LogP contribution >= 0.6 is 23.1 Å². The minimum atomic E-state index is -1.15. The number of carboxylic acids is 1. The van der Waals surface area contributed by atoms with Crippen molar-refractivity contribution in [1.82, 2.24) is 10.3 Å². The third-order valence-electron chi connectivity index (χ3n) is 2.65. The van der Waals surface area contributed by atoms with Crippen LogP contribution < -0.4 is 5.32 Å². The molecule has 0 bridgehead atoms. The number of benzene rings is 1. The molecule has 8 heteroatoms. The number of para-hydroxylation sites is 1. The maximum atomic E-state index is 11.7. The number of aliphatic carboxylic acids is 1. The van der Waals surface area contributed by atoms with Crippen molar-refractivity contribution in [2.45, 2.75) is 16.8 Å². The Bertz CT molecular complexity index is 611.